The second-order valence-corrected chi connectivity index (χ2v) is 3.89. The smallest absolute Gasteiger partial charge is 0.261 e. The van der Waals surface area contributed by atoms with E-state index in [1.165, 1.54) is 6.07 Å². The predicted molar refractivity (Wildman–Crippen MR) is 61.7 cm³/mol. The van der Waals surface area contributed by atoms with Gasteiger partial charge in [0.15, 0.2) is 0 Å². The van der Waals surface area contributed by atoms with Gasteiger partial charge in [-0.2, -0.15) is 0 Å². The fourth-order valence-electron chi connectivity index (χ4n) is 1.46. The number of hydrogen-bond donors (Lipinski definition) is 0. The molecule has 15 heavy (non-hydrogen) atoms. The summed E-state index contributed by atoms with van der Waals surface area (Å²) in [7, 11) is 0. The molecule has 0 unspecified atom stereocenters. The van der Waals surface area contributed by atoms with Crippen LogP contribution in [0, 0.1) is 0 Å². The van der Waals surface area contributed by atoms with Gasteiger partial charge in [0.2, 0.25) is 0 Å². The Hall–Kier alpha value is -1.06. The fourth-order valence-corrected chi connectivity index (χ4v) is 1.99. The number of pyridine rings is 2. The molecule has 0 atom stereocenters. The van der Waals surface area contributed by atoms with Crippen LogP contribution in [0.5, 0.6) is 0 Å². The average Bonchev–Trinajstić information content (AvgIpc) is 2.17. The van der Waals surface area contributed by atoms with E-state index in [1.54, 1.807) is 16.8 Å². The third-order valence-electron chi connectivity index (χ3n) is 2.20. The summed E-state index contributed by atoms with van der Waals surface area (Å²) in [5, 5.41) is 1.06. The third kappa shape index (κ3) is 1.73. The average molecular weight is 243 g/mol. The summed E-state index contributed by atoms with van der Waals surface area (Å²) in [5.41, 5.74) is 0.395. The molecule has 0 N–H and O–H groups in total. The lowest BCUT2D eigenvalue weighted by Crippen LogP contribution is -2.18. The first-order valence-corrected chi connectivity index (χ1v) is 5.24. The quantitative estimate of drug-likeness (QED) is 0.722. The van der Waals surface area contributed by atoms with Crippen molar-refractivity contribution in [2.45, 2.75) is 13.5 Å². The SMILES string of the molecule is CCn1ccc2nc(Cl)cc(Cl)c2c1=O. The van der Waals surface area contributed by atoms with Crippen LogP contribution in [0.15, 0.2) is 23.1 Å². The van der Waals surface area contributed by atoms with Gasteiger partial charge in [-0.15, -0.1) is 0 Å². The number of fused-ring (bicyclic) bond motifs is 1. The second-order valence-electron chi connectivity index (χ2n) is 3.09. The minimum atomic E-state index is -0.135. The van der Waals surface area contributed by atoms with Gasteiger partial charge < -0.3 is 4.57 Å². The van der Waals surface area contributed by atoms with Gasteiger partial charge in [-0.25, -0.2) is 4.98 Å². The molecule has 78 valence electrons. The Morgan fingerprint density at radius 3 is 2.87 bits per heavy atom. The van der Waals surface area contributed by atoms with Crippen molar-refractivity contribution in [2.24, 2.45) is 0 Å². The fraction of sp³-hybridized carbons (Fsp3) is 0.200. The Morgan fingerprint density at radius 1 is 1.47 bits per heavy atom. The number of aryl methyl sites for hydroxylation is 1. The molecule has 3 nitrogen and oxygen atoms in total. The minimum Gasteiger partial charge on any atom is -0.315 e. The monoisotopic (exact) mass is 242 g/mol. The number of halogens is 2. The summed E-state index contributed by atoms with van der Waals surface area (Å²) >= 11 is 11.7. The highest BCUT2D eigenvalue weighted by Crippen LogP contribution is 2.21. The van der Waals surface area contributed by atoms with Crippen molar-refractivity contribution in [3.8, 4) is 0 Å². The van der Waals surface area contributed by atoms with E-state index in [1.807, 2.05) is 6.92 Å². The number of rotatable bonds is 1. The molecule has 0 saturated heterocycles. The van der Waals surface area contributed by atoms with E-state index < -0.39 is 0 Å². The molecule has 2 aromatic rings. The molecule has 2 heterocycles. The summed E-state index contributed by atoms with van der Waals surface area (Å²) < 4.78 is 1.57. The summed E-state index contributed by atoms with van der Waals surface area (Å²) in [5.74, 6) is 0. The molecule has 0 aromatic carbocycles. The summed E-state index contributed by atoms with van der Waals surface area (Å²) in [6.45, 7) is 2.50. The highest BCUT2D eigenvalue weighted by molar-refractivity contribution is 6.37. The van der Waals surface area contributed by atoms with Gasteiger partial charge in [0.25, 0.3) is 5.56 Å². The molecule has 0 spiro atoms. The van der Waals surface area contributed by atoms with Crippen LogP contribution < -0.4 is 5.56 Å². The minimum absolute atomic E-state index is 0.135. The van der Waals surface area contributed by atoms with Gasteiger partial charge >= 0.3 is 0 Å². The lowest BCUT2D eigenvalue weighted by molar-refractivity contribution is 0.734. The van der Waals surface area contributed by atoms with Crippen molar-refractivity contribution in [3.63, 3.8) is 0 Å². The van der Waals surface area contributed by atoms with Crippen LogP contribution in [0.4, 0.5) is 0 Å². The maximum Gasteiger partial charge on any atom is 0.261 e. The van der Waals surface area contributed by atoms with E-state index in [0.717, 1.165) is 0 Å². The normalized spacial score (nSPS) is 10.9. The maximum absolute atomic E-state index is 11.9. The van der Waals surface area contributed by atoms with Gasteiger partial charge in [0.05, 0.1) is 15.9 Å². The molecular weight excluding hydrogens is 235 g/mol. The second kappa shape index (κ2) is 3.83. The molecule has 2 aromatic heterocycles. The maximum atomic E-state index is 11.9. The van der Waals surface area contributed by atoms with E-state index in [-0.39, 0.29) is 5.56 Å². The van der Waals surface area contributed by atoms with Crippen molar-refractivity contribution >= 4 is 34.1 Å². The molecule has 0 aliphatic carbocycles. The summed E-state index contributed by atoms with van der Waals surface area (Å²) in [6, 6.07) is 3.21. The first-order valence-electron chi connectivity index (χ1n) is 4.48. The zero-order valence-corrected chi connectivity index (χ0v) is 9.51. The summed E-state index contributed by atoms with van der Waals surface area (Å²) in [6.07, 6.45) is 1.68. The topological polar surface area (TPSA) is 34.9 Å². The highest BCUT2D eigenvalue weighted by atomic mass is 35.5. The van der Waals surface area contributed by atoms with Crippen LogP contribution in [0.3, 0.4) is 0 Å². The van der Waals surface area contributed by atoms with E-state index in [0.29, 0.717) is 27.6 Å². The van der Waals surface area contributed by atoms with E-state index in [4.69, 9.17) is 23.2 Å². The molecule has 0 saturated carbocycles. The molecule has 5 heteroatoms. The van der Waals surface area contributed by atoms with Gasteiger partial charge in [-0.3, -0.25) is 4.79 Å². The van der Waals surface area contributed by atoms with Crippen molar-refractivity contribution in [1.82, 2.24) is 9.55 Å². The van der Waals surface area contributed by atoms with Crippen molar-refractivity contribution in [1.29, 1.82) is 0 Å². The van der Waals surface area contributed by atoms with E-state index in [9.17, 15) is 4.79 Å². The zero-order valence-electron chi connectivity index (χ0n) is 8.00. The number of hydrogen-bond acceptors (Lipinski definition) is 2. The van der Waals surface area contributed by atoms with Gasteiger partial charge in [0.1, 0.15) is 5.15 Å². The van der Waals surface area contributed by atoms with Gasteiger partial charge in [0, 0.05) is 12.7 Å². The molecule has 0 aliphatic rings. The number of nitrogens with zero attached hydrogens (tertiary/aromatic N) is 2. The van der Waals surface area contributed by atoms with Crippen molar-refractivity contribution in [3.05, 3.63) is 38.9 Å². The van der Waals surface area contributed by atoms with Gasteiger partial charge in [-0.1, -0.05) is 23.2 Å². The zero-order chi connectivity index (χ0) is 11.0. The predicted octanol–water partition coefficient (Wildman–Crippen LogP) is 2.72. The number of aromatic nitrogens is 2. The van der Waals surface area contributed by atoms with Crippen LogP contribution >= 0.6 is 23.2 Å². The van der Waals surface area contributed by atoms with Crippen molar-refractivity contribution in [2.75, 3.05) is 0 Å². The van der Waals surface area contributed by atoms with Gasteiger partial charge in [-0.05, 0) is 19.1 Å². The molecule has 0 amide bonds. The Kier molecular flexibility index (Phi) is 2.67. The molecular formula is C10H8Cl2N2O. The third-order valence-corrected chi connectivity index (χ3v) is 2.69. The molecule has 0 radical (unpaired) electrons. The van der Waals surface area contributed by atoms with Crippen LogP contribution in [0.1, 0.15) is 6.92 Å². The van der Waals surface area contributed by atoms with E-state index in [2.05, 4.69) is 4.98 Å². The Labute approximate surface area is 96.3 Å². The Morgan fingerprint density at radius 2 is 2.20 bits per heavy atom. The molecule has 0 bridgehead atoms. The van der Waals surface area contributed by atoms with Crippen LogP contribution in [-0.2, 0) is 6.54 Å². The Balaban J connectivity index is 2.93. The molecule has 0 aliphatic heterocycles. The molecule has 0 fully saturated rings. The summed E-state index contributed by atoms with van der Waals surface area (Å²) in [4.78, 5) is 15.9. The highest BCUT2D eigenvalue weighted by Gasteiger charge is 2.08. The first-order chi connectivity index (χ1) is 7.13. The Bertz CT molecular complexity index is 577. The van der Waals surface area contributed by atoms with Crippen molar-refractivity contribution < 1.29 is 0 Å². The first kappa shape index (κ1) is 10.5. The molecule has 2 rings (SSSR count). The lowest BCUT2D eigenvalue weighted by Gasteiger charge is -2.04. The lowest BCUT2D eigenvalue weighted by atomic mass is 10.2. The standard InChI is InChI=1S/C10H8Cl2N2O/c1-2-14-4-3-7-9(10(14)15)6(11)5-8(12)13-7/h3-5H,2H2,1H3. The van der Waals surface area contributed by atoms with Crippen LogP contribution in [-0.4, -0.2) is 9.55 Å². The largest absolute Gasteiger partial charge is 0.315 e. The van der Waals surface area contributed by atoms with E-state index >= 15 is 0 Å². The van der Waals surface area contributed by atoms with Crippen LogP contribution in [0.2, 0.25) is 10.2 Å². The van der Waals surface area contributed by atoms with Crippen LogP contribution in [0.25, 0.3) is 10.9 Å².